The van der Waals surface area contributed by atoms with Crippen LogP contribution in [0.3, 0.4) is 0 Å². The minimum Gasteiger partial charge on any atom is -0.506 e. The molecule has 42 heavy (non-hydrogen) atoms. The Balaban J connectivity index is 1.44. The molecule has 0 unspecified atom stereocenters. The Morgan fingerprint density at radius 3 is 2.48 bits per heavy atom. The molecule has 0 aliphatic heterocycles. The van der Waals surface area contributed by atoms with E-state index in [1.807, 2.05) is 0 Å². The van der Waals surface area contributed by atoms with Crippen molar-refractivity contribution >= 4 is 22.6 Å². The molecule has 5 rings (SSSR count). The predicted octanol–water partition coefficient (Wildman–Crippen LogP) is 5.95. The summed E-state index contributed by atoms with van der Waals surface area (Å²) in [5.74, 6) is -0.0964. The number of fused-ring (bicyclic) bond motifs is 1. The van der Waals surface area contributed by atoms with Crippen molar-refractivity contribution in [3.63, 3.8) is 0 Å². The summed E-state index contributed by atoms with van der Waals surface area (Å²) in [7, 11) is 4.38. The number of hydrogen-bond donors (Lipinski definition) is 2. The molecule has 4 heterocycles. The van der Waals surface area contributed by atoms with Crippen LogP contribution >= 0.6 is 0 Å². The molecule has 4 aromatic heterocycles. The number of aromatic hydroxyl groups is 1. The lowest BCUT2D eigenvalue weighted by Crippen LogP contribution is -2.17. The van der Waals surface area contributed by atoms with Crippen molar-refractivity contribution < 1.29 is 37.7 Å². The van der Waals surface area contributed by atoms with Gasteiger partial charge in [-0.3, -0.25) is 14.8 Å². The number of nitrogens with one attached hydrogen (secondary N) is 1. The first kappa shape index (κ1) is 28.3. The van der Waals surface area contributed by atoms with E-state index in [0.29, 0.717) is 34.0 Å². The van der Waals surface area contributed by atoms with Gasteiger partial charge in [0.15, 0.2) is 23.1 Å². The Kier molecular flexibility index (Phi) is 7.89. The number of furan rings is 1. The smallest absolute Gasteiger partial charge is 0.261 e. The summed E-state index contributed by atoms with van der Waals surface area (Å²) in [4.78, 5) is 26.5. The maximum atomic E-state index is 15.2. The van der Waals surface area contributed by atoms with Crippen molar-refractivity contribution in [2.75, 3.05) is 26.6 Å². The van der Waals surface area contributed by atoms with E-state index in [1.54, 1.807) is 38.1 Å². The Morgan fingerprint density at radius 1 is 1.00 bits per heavy atom. The second kappa shape index (κ2) is 11.7. The van der Waals surface area contributed by atoms with Gasteiger partial charge < -0.3 is 33.8 Å². The molecule has 0 saturated heterocycles. The molecular formula is C30H27FN4O7. The highest BCUT2D eigenvalue weighted by Crippen LogP contribution is 2.38. The van der Waals surface area contributed by atoms with Gasteiger partial charge in [0.25, 0.3) is 11.8 Å². The Labute approximate surface area is 239 Å². The third-order valence-electron chi connectivity index (χ3n) is 6.35. The molecule has 0 atom stereocenters. The molecule has 0 aliphatic carbocycles. The number of aryl methyl sites for hydroxylation is 2. The van der Waals surface area contributed by atoms with Gasteiger partial charge in [0.2, 0.25) is 0 Å². The molecule has 5 aromatic rings. The first-order chi connectivity index (χ1) is 20.2. The van der Waals surface area contributed by atoms with E-state index < -0.39 is 11.7 Å². The van der Waals surface area contributed by atoms with Gasteiger partial charge in [0, 0.05) is 37.2 Å². The number of pyridine rings is 3. The van der Waals surface area contributed by atoms with Crippen LogP contribution in [0.4, 0.5) is 10.1 Å². The number of methoxy groups -OCH3 is 3. The summed E-state index contributed by atoms with van der Waals surface area (Å²) in [6.07, 6.45) is 1.50. The number of hydrogen-bond acceptors (Lipinski definition) is 10. The Hall–Kier alpha value is -5.23. The van der Waals surface area contributed by atoms with Gasteiger partial charge >= 0.3 is 0 Å². The van der Waals surface area contributed by atoms with Crippen molar-refractivity contribution in [3.8, 4) is 40.2 Å². The summed E-state index contributed by atoms with van der Waals surface area (Å²) in [5, 5.41) is 13.8. The number of aromatic nitrogens is 3. The third-order valence-corrected chi connectivity index (χ3v) is 6.35. The van der Waals surface area contributed by atoms with Crippen LogP contribution < -0.4 is 19.5 Å². The van der Waals surface area contributed by atoms with Gasteiger partial charge in [0.05, 0.1) is 43.3 Å². The fourth-order valence-corrected chi connectivity index (χ4v) is 4.45. The summed E-state index contributed by atoms with van der Waals surface area (Å²) in [6.45, 7) is 3.41. The first-order valence-electron chi connectivity index (χ1n) is 12.7. The van der Waals surface area contributed by atoms with Gasteiger partial charge in [-0.25, -0.2) is 9.37 Å². The number of rotatable bonds is 9. The van der Waals surface area contributed by atoms with Crippen LogP contribution in [0.25, 0.3) is 22.4 Å². The molecule has 0 saturated carbocycles. The second-order valence-electron chi connectivity index (χ2n) is 9.16. The van der Waals surface area contributed by atoms with Gasteiger partial charge in [-0.2, -0.15) is 0 Å². The molecule has 11 nitrogen and oxygen atoms in total. The first-order valence-corrected chi connectivity index (χ1v) is 12.7. The van der Waals surface area contributed by atoms with Crippen molar-refractivity contribution in [2.45, 2.75) is 20.5 Å². The number of amides is 1. The van der Waals surface area contributed by atoms with Crippen LogP contribution in [0.2, 0.25) is 0 Å². The number of halogens is 1. The zero-order valence-corrected chi connectivity index (χ0v) is 23.4. The number of nitrogens with zero attached hydrogens (tertiary/aromatic N) is 3. The lowest BCUT2D eigenvalue weighted by Gasteiger charge is -2.16. The van der Waals surface area contributed by atoms with E-state index in [1.165, 1.54) is 39.7 Å². The molecule has 0 radical (unpaired) electrons. The standard InChI is InChI=1S/C30H27FN4O7/c1-15-6-8-22(41-15)25-16(2)33-20(14-38-3)26(28(25)36)29(37)34-17-7-9-21(18(31)12-17)42-23-10-11-32-19-13-24(39-4)30(40-5)35-27(19)23/h6-13H,14H2,1-5H3,(H,33,36)(H,34,37). The average Bonchev–Trinajstić information content (AvgIpc) is 3.39. The zero-order valence-electron chi connectivity index (χ0n) is 23.4. The molecular weight excluding hydrogens is 547 g/mol. The van der Waals surface area contributed by atoms with Crippen molar-refractivity contribution in [1.29, 1.82) is 0 Å². The highest BCUT2D eigenvalue weighted by Gasteiger charge is 2.26. The van der Waals surface area contributed by atoms with Crippen LogP contribution in [0.5, 0.6) is 28.9 Å². The number of carbonyl (C=O) groups is 1. The Bertz CT molecular complexity index is 1810. The summed E-state index contributed by atoms with van der Waals surface area (Å²) >= 11 is 0. The number of benzene rings is 1. The summed E-state index contributed by atoms with van der Waals surface area (Å²) in [5.41, 5.74) is 1.72. The summed E-state index contributed by atoms with van der Waals surface area (Å²) < 4.78 is 42.4. The quantitative estimate of drug-likeness (QED) is 0.217. The fraction of sp³-hybridized carbons (Fsp3) is 0.200. The van der Waals surface area contributed by atoms with E-state index in [-0.39, 0.29) is 52.2 Å². The van der Waals surface area contributed by atoms with E-state index in [0.717, 1.165) is 6.07 Å². The Morgan fingerprint density at radius 2 is 1.81 bits per heavy atom. The molecule has 2 N–H and O–H groups in total. The maximum absolute atomic E-state index is 15.2. The molecule has 0 aliphatic rings. The predicted molar refractivity (Wildman–Crippen MR) is 151 cm³/mol. The van der Waals surface area contributed by atoms with Crippen molar-refractivity contribution in [3.05, 3.63) is 77.2 Å². The van der Waals surface area contributed by atoms with Crippen molar-refractivity contribution in [2.24, 2.45) is 0 Å². The average molecular weight is 575 g/mol. The van der Waals surface area contributed by atoms with E-state index >= 15 is 4.39 Å². The molecule has 0 bridgehead atoms. The lowest BCUT2D eigenvalue weighted by atomic mass is 10.0. The number of carbonyl (C=O) groups excluding carboxylic acids is 1. The molecule has 12 heteroatoms. The van der Waals surface area contributed by atoms with Gasteiger partial charge in [-0.15, -0.1) is 0 Å². The highest BCUT2D eigenvalue weighted by atomic mass is 19.1. The largest absolute Gasteiger partial charge is 0.506 e. The lowest BCUT2D eigenvalue weighted by molar-refractivity contribution is 0.101. The van der Waals surface area contributed by atoms with Crippen LogP contribution in [0, 0.1) is 19.7 Å². The number of ether oxygens (including phenoxy) is 4. The summed E-state index contributed by atoms with van der Waals surface area (Å²) in [6, 6.07) is 10.5. The molecule has 216 valence electrons. The number of anilines is 1. The molecule has 1 aromatic carbocycles. The van der Waals surface area contributed by atoms with E-state index in [9.17, 15) is 9.90 Å². The highest BCUT2D eigenvalue weighted by molar-refractivity contribution is 6.08. The van der Waals surface area contributed by atoms with Crippen LogP contribution in [-0.4, -0.2) is 47.3 Å². The third kappa shape index (κ3) is 5.39. The van der Waals surface area contributed by atoms with Crippen LogP contribution in [0.15, 0.2) is 53.1 Å². The van der Waals surface area contributed by atoms with E-state index in [2.05, 4.69) is 20.3 Å². The second-order valence-corrected chi connectivity index (χ2v) is 9.16. The van der Waals surface area contributed by atoms with Gasteiger partial charge in [0.1, 0.15) is 28.4 Å². The monoisotopic (exact) mass is 574 g/mol. The zero-order chi connectivity index (χ0) is 30.0. The topological polar surface area (TPSA) is 138 Å². The SMILES string of the molecule is COCc1nc(C)c(-c2ccc(C)o2)c(O)c1C(=O)Nc1ccc(Oc2ccnc3cc(OC)c(OC)nc23)c(F)c1. The molecule has 1 amide bonds. The minimum atomic E-state index is -0.756. The van der Waals surface area contributed by atoms with Crippen LogP contribution in [0.1, 0.15) is 27.5 Å². The molecule has 0 spiro atoms. The van der Waals surface area contributed by atoms with E-state index in [4.69, 9.17) is 23.4 Å². The normalized spacial score (nSPS) is 11.0. The molecule has 0 fully saturated rings. The maximum Gasteiger partial charge on any atom is 0.261 e. The van der Waals surface area contributed by atoms with Gasteiger partial charge in [-0.1, -0.05) is 0 Å². The van der Waals surface area contributed by atoms with Crippen LogP contribution in [-0.2, 0) is 11.3 Å². The van der Waals surface area contributed by atoms with Crippen molar-refractivity contribution in [1.82, 2.24) is 15.0 Å². The minimum absolute atomic E-state index is 0.0413. The fourth-order valence-electron chi connectivity index (χ4n) is 4.45. The van der Waals surface area contributed by atoms with Gasteiger partial charge in [-0.05, 0) is 38.1 Å².